The van der Waals surface area contributed by atoms with Crippen molar-refractivity contribution in [2.45, 2.75) is 0 Å². The number of benzene rings is 1. The van der Waals surface area contributed by atoms with E-state index in [9.17, 15) is 9.59 Å². The molecular weight excluding hydrogens is 248 g/mol. The summed E-state index contributed by atoms with van der Waals surface area (Å²) in [5.41, 5.74) is 0.545. The number of rotatable bonds is 7. The summed E-state index contributed by atoms with van der Waals surface area (Å²) < 4.78 is 9.67. The Balaban J connectivity index is 2.29. The van der Waals surface area contributed by atoms with Crippen molar-refractivity contribution in [2.24, 2.45) is 0 Å². The van der Waals surface area contributed by atoms with Gasteiger partial charge in [-0.15, -0.1) is 0 Å². The first-order valence-electron chi connectivity index (χ1n) is 5.85. The van der Waals surface area contributed by atoms with Gasteiger partial charge in [-0.2, -0.15) is 0 Å². The number of hydrogen-bond acceptors (Lipinski definition) is 4. The van der Waals surface area contributed by atoms with E-state index < -0.39 is 0 Å². The average Bonchev–Trinajstić information content (AvgIpc) is 2.44. The number of nitrogens with one attached hydrogen (secondary N) is 2. The van der Waals surface area contributed by atoms with Crippen LogP contribution in [0.15, 0.2) is 24.3 Å². The van der Waals surface area contributed by atoms with Gasteiger partial charge in [0.2, 0.25) is 5.91 Å². The maximum Gasteiger partial charge on any atom is 0.251 e. The van der Waals surface area contributed by atoms with Crippen molar-refractivity contribution in [2.75, 3.05) is 33.9 Å². The molecule has 1 aromatic carbocycles. The molecule has 1 aromatic rings. The van der Waals surface area contributed by atoms with E-state index in [1.165, 1.54) is 7.11 Å². The maximum atomic E-state index is 11.7. The van der Waals surface area contributed by atoms with Gasteiger partial charge in [-0.05, 0) is 24.3 Å². The molecule has 0 spiro atoms. The van der Waals surface area contributed by atoms with Crippen LogP contribution in [0, 0.1) is 0 Å². The first-order valence-corrected chi connectivity index (χ1v) is 5.85. The molecule has 0 heterocycles. The Hall–Kier alpha value is -2.08. The minimum atomic E-state index is -0.207. The minimum Gasteiger partial charge on any atom is -0.497 e. The summed E-state index contributed by atoms with van der Waals surface area (Å²) in [5, 5.41) is 5.31. The second kappa shape index (κ2) is 8.10. The third-order valence-corrected chi connectivity index (χ3v) is 2.36. The molecule has 0 aliphatic carbocycles. The van der Waals surface area contributed by atoms with Crippen LogP contribution in [0.2, 0.25) is 0 Å². The van der Waals surface area contributed by atoms with Crippen LogP contribution in [-0.4, -0.2) is 45.7 Å². The van der Waals surface area contributed by atoms with Crippen molar-refractivity contribution in [3.8, 4) is 5.75 Å². The zero-order chi connectivity index (χ0) is 14.1. The van der Waals surface area contributed by atoms with Crippen molar-refractivity contribution < 1.29 is 19.1 Å². The molecule has 6 heteroatoms. The van der Waals surface area contributed by atoms with Crippen LogP contribution in [0.3, 0.4) is 0 Å². The highest BCUT2D eigenvalue weighted by Crippen LogP contribution is 2.10. The lowest BCUT2D eigenvalue weighted by Gasteiger charge is -2.07. The molecule has 0 aliphatic heterocycles. The van der Waals surface area contributed by atoms with Crippen LogP contribution in [0.5, 0.6) is 5.75 Å². The highest BCUT2D eigenvalue weighted by Gasteiger charge is 2.05. The molecule has 0 saturated carbocycles. The molecule has 104 valence electrons. The molecule has 19 heavy (non-hydrogen) atoms. The van der Waals surface area contributed by atoms with Crippen LogP contribution >= 0.6 is 0 Å². The third kappa shape index (κ3) is 5.39. The fraction of sp³-hybridized carbons (Fsp3) is 0.385. The lowest BCUT2D eigenvalue weighted by molar-refractivity contribution is -0.124. The van der Waals surface area contributed by atoms with Crippen LogP contribution < -0.4 is 15.4 Å². The largest absolute Gasteiger partial charge is 0.497 e. The number of methoxy groups -OCH3 is 2. The summed E-state index contributed by atoms with van der Waals surface area (Å²) in [7, 11) is 3.02. The first-order chi connectivity index (χ1) is 9.17. The van der Waals surface area contributed by atoms with Gasteiger partial charge in [-0.25, -0.2) is 0 Å². The van der Waals surface area contributed by atoms with E-state index >= 15 is 0 Å². The summed E-state index contributed by atoms with van der Waals surface area (Å²) in [5.74, 6) is 0.299. The number of ether oxygens (including phenoxy) is 2. The molecule has 0 saturated heterocycles. The average molecular weight is 266 g/mol. The summed E-state index contributed by atoms with van der Waals surface area (Å²) in [6.45, 7) is 0.747. The summed E-state index contributed by atoms with van der Waals surface area (Å²) in [6, 6.07) is 6.79. The van der Waals surface area contributed by atoms with Gasteiger partial charge in [0, 0.05) is 25.8 Å². The van der Waals surface area contributed by atoms with E-state index in [0.29, 0.717) is 24.4 Å². The molecule has 0 fully saturated rings. The second-order valence-electron chi connectivity index (χ2n) is 3.77. The van der Waals surface area contributed by atoms with Gasteiger partial charge in [-0.3, -0.25) is 9.59 Å². The van der Waals surface area contributed by atoms with E-state index in [0.717, 1.165) is 0 Å². The van der Waals surface area contributed by atoms with Gasteiger partial charge in [0.1, 0.15) is 12.4 Å². The Kier molecular flexibility index (Phi) is 6.38. The Morgan fingerprint density at radius 1 is 1.05 bits per heavy atom. The topological polar surface area (TPSA) is 76.7 Å². The van der Waals surface area contributed by atoms with Crippen LogP contribution in [0.4, 0.5) is 0 Å². The van der Waals surface area contributed by atoms with Gasteiger partial charge >= 0.3 is 0 Å². The van der Waals surface area contributed by atoms with Crippen LogP contribution in [0.25, 0.3) is 0 Å². The van der Waals surface area contributed by atoms with Gasteiger partial charge in [0.25, 0.3) is 5.91 Å². The zero-order valence-corrected chi connectivity index (χ0v) is 11.1. The molecular formula is C13H18N2O4. The predicted molar refractivity (Wildman–Crippen MR) is 70.2 cm³/mol. The van der Waals surface area contributed by atoms with Gasteiger partial charge in [-0.1, -0.05) is 0 Å². The normalized spacial score (nSPS) is 9.79. The summed E-state index contributed by atoms with van der Waals surface area (Å²) >= 11 is 0. The van der Waals surface area contributed by atoms with Crippen molar-refractivity contribution in [1.82, 2.24) is 10.6 Å². The number of carbonyl (C=O) groups is 2. The zero-order valence-electron chi connectivity index (χ0n) is 11.1. The molecule has 0 aromatic heterocycles. The van der Waals surface area contributed by atoms with E-state index in [-0.39, 0.29) is 18.4 Å². The fourth-order valence-corrected chi connectivity index (χ4v) is 1.40. The third-order valence-electron chi connectivity index (χ3n) is 2.36. The lowest BCUT2D eigenvalue weighted by Crippen LogP contribution is -2.36. The quantitative estimate of drug-likeness (QED) is 0.691. The highest BCUT2D eigenvalue weighted by molar-refractivity contribution is 5.94. The van der Waals surface area contributed by atoms with E-state index in [1.54, 1.807) is 31.4 Å². The molecule has 2 N–H and O–H groups in total. The smallest absolute Gasteiger partial charge is 0.251 e. The van der Waals surface area contributed by atoms with Crippen molar-refractivity contribution in [1.29, 1.82) is 0 Å². The van der Waals surface area contributed by atoms with E-state index in [4.69, 9.17) is 4.74 Å². The molecule has 6 nitrogen and oxygen atoms in total. The Labute approximate surface area is 112 Å². The summed E-state index contributed by atoms with van der Waals surface area (Å²) in [6.07, 6.45) is 0. The predicted octanol–water partition coefficient (Wildman–Crippen LogP) is 0.188. The van der Waals surface area contributed by atoms with E-state index in [1.807, 2.05) is 0 Å². The standard InChI is InChI=1S/C13H18N2O4/c1-18-9-12(16)14-7-8-15-13(17)10-3-5-11(19-2)6-4-10/h3-6H,7-9H2,1-2H3,(H,14,16)(H,15,17). The first kappa shape index (κ1) is 15.0. The Morgan fingerprint density at radius 3 is 2.26 bits per heavy atom. The molecule has 0 radical (unpaired) electrons. The molecule has 2 amide bonds. The van der Waals surface area contributed by atoms with E-state index in [2.05, 4.69) is 15.4 Å². The molecule has 1 rings (SSSR count). The van der Waals surface area contributed by atoms with Crippen molar-refractivity contribution in [3.63, 3.8) is 0 Å². The van der Waals surface area contributed by atoms with Gasteiger partial charge in [0.05, 0.1) is 7.11 Å². The lowest BCUT2D eigenvalue weighted by atomic mass is 10.2. The molecule has 0 bridgehead atoms. The Bertz CT molecular complexity index is 417. The fourth-order valence-electron chi connectivity index (χ4n) is 1.40. The molecule has 0 atom stereocenters. The summed E-state index contributed by atoms with van der Waals surface area (Å²) in [4.78, 5) is 22.8. The number of amides is 2. The Morgan fingerprint density at radius 2 is 1.68 bits per heavy atom. The maximum absolute atomic E-state index is 11.7. The van der Waals surface area contributed by atoms with Gasteiger partial charge in [0.15, 0.2) is 0 Å². The van der Waals surface area contributed by atoms with Crippen molar-refractivity contribution in [3.05, 3.63) is 29.8 Å². The molecule has 0 aliphatic rings. The second-order valence-corrected chi connectivity index (χ2v) is 3.77. The van der Waals surface area contributed by atoms with Crippen LogP contribution in [0.1, 0.15) is 10.4 Å². The van der Waals surface area contributed by atoms with Gasteiger partial charge < -0.3 is 20.1 Å². The molecule has 0 unspecified atom stereocenters. The highest BCUT2D eigenvalue weighted by atomic mass is 16.5. The van der Waals surface area contributed by atoms with Crippen LogP contribution in [-0.2, 0) is 9.53 Å². The SMILES string of the molecule is COCC(=O)NCCNC(=O)c1ccc(OC)cc1. The monoisotopic (exact) mass is 266 g/mol. The number of carbonyl (C=O) groups excluding carboxylic acids is 2. The minimum absolute atomic E-state index is 0.0203. The number of hydrogen-bond donors (Lipinski definition) is 2. The van der Waals surface area contributed by atoms with Crippen molar-refractivity contribution >= 4 is 11.8 Å².